The molecule has 1 rings (SSSR count). The average molecular weight is 271 g/mol. The number of aliphatic hydroxyl groups is 1. The van der Waals surface area contributed by atoms with Gasteiger partial charge in [-0.15, -0.1) is 0 Å². The molecule has 19 heavy (non-hydrogen) atoms. The number of likely N-dealkylation sites (N-methyl/N-ethyl adjacent to an activating group) is 2. The van der Waals surface area contributed by atoms with Crippen molar-refractivity contribution in [2.24, 2.45) is 11.8 Å². The van der Waals surface area contributed by atoms with Crippen molar-refractivity contribution in [1.29, 1.82) is 0 Å². The van der Waals surface area contributed by atoms with Gasteiger partial charge in [0.1, 0.15) is 0 Å². The number of rotatable bonds is 10. The Hall–Kier alpha value is -0.160. The summed E-state index contributed by atoms with van der Waals surface area (Å²) >= 11 is 0. The summed E-state index contributed by atoms with van der Waals surface area (Å²) in [7, 11) is 6.23. The van der Waals surface area contributed by atoms with Gasteiger partial charge in [-0.25, -0.2) is 0 Å². The van der Waals surface area contributed by atoms with Crippen molar-refractivity contribution >= 4 is 0 Å². The fourth-order valence-corrected chi connectivity index (χ4v) is 2.80. The van der Waals surface area contributed by atoms with Crippen molar-refractivity contribution in [2.75, 3.05) is 53.9 Å². The first-order chi connectivity index (χ1) is 8.93. The van der Waals surface area contributed by atoms with Gasteiger partial charge < -0.3 is 15.3 Å². The summed E-state index contributed by atoms with van der Waals surface area (Å²) in [5.41, 5.74) is -0.0960. The highest BCUT2D eigenvalue weighted by Gasteiger charge is 2.44. The molecule has 0 amide bonds. The number of hydrogen-bond acceptors (Lipinski definition) is 4. The zero-order chi connectivity index (χ0) is 14.5. The topological polar surface area (TPSA) is 38.7 Å². The molecule has 0 aromatic heterocycles. The normalized spacial score (nSPS) is 19.4. The summed E-state index contributed by atoms with van der Waals surface area (Å²) in [5, 5.41) is 13.3. The van der Waals surface area contributed by atoms with Crippen molar-refractivity contribution in [3.63, 3.8) is 0 Å². The molecule has 1 aliphatic carbocycles. The molecular weight excluding hydrogens is 238 g/mol. The standard InChI is InChI=1S/C15H33N3O/c1-13(2)10-18(9-8-17(4)5)11-15(12-19,16-3)14-6-7-14/h13-14,16,19H,6-12H2,1-5H3. The van der Waals surface area contributed by atoms with Crippen LogP contribution in [0.3, 0.4) is 0 Å². The Morgan fingerprint density at radius 1 is 1.26 bits per heavy atom. The first-order valence-electron chi connectivity index (χ1n) is 7.60. The molecule has 4 nitrogen and oxygen atoms in total. The van der Waals surface area contributed by atoms with Crippen LogP contribution in [0.15, 0.2) is 0 Å². The Balaban J connectivity index is 2.62. The third kappa shape index (κ3) is 5.38. The van der Waals surface area contributed by atoms with E-state index in [4.69, 9.17) is 0 Å². The second-order valence-corrected chi connectivity index (χ2v) is 6.77. The molecule has 0 radical (unpaired) electrons. The molecule has 0 bridgehead atoms. The summed E-state index contributed by atoms with van der Waals surface area (Å²) in [6.45, 7) is 8.97. The lowest BCUT2D eigenvalue weighted by molar-refractivity contribution is 0.0874. The maximum atomic E-state index is 9.85. The van der Waals surface area contributed by atoms with Gasteiger partial charge in [-0.1, -0.05) is 13.8 Å². The SMILES string of the molecule is CNC(CO)(CN(CCN(C)C)CC(C)C)C1CC1. The van der Waals surface area contributed by atoms with Gasteiger partial charge >= 0.3 is 0 Å². The largest absolute Gasteiger partial charge is 0.394 e. The van der Waals surface area contributed by atoms with E-state index < -0.39 is 0 Å². The van der Waals surface area contributed by atoms with E-state index in [-0.39, 0.29) is 12.1 Å². The molecule has 0 heterocycles. The molecule has 1 atom stereocenters. The molecule has 1 fully saturated rings. The second kappa shape index (κ2) is 7.58. The highest BCUT2D eigenvalue weighted by molar-refractivity contribution is 5.02. The van der Waals surface area contributed by atoms with Crippen LogP contribution < -0.4 is 5.32 Å². The zero-order valence-electron chi connectivity index (χ0n) is 13.4. The molecule has 4 heteroatoms. The van der Waals surface area contributed by atoms with Crippen LogP contribution in [0.1, 0.15) is 26.7 Å². The maximum Gasteiger partial charge on any atom is 0.0628 e. The van der Waals surface area contributed by atoms with Crippen molar-refractivity contribution < 1.29 is 5.11 Å². The van der Waals surface area contributed by atoms with Gasteiger partial charge in [-0.3, -0.25) is 4.90 Å². The molecular formula is C15H33N3O. The minimum absolute atomic E-state index is 0.0960. The predicted octanol–water partition coefficient (Wildman–Crippen LogP) is 0.867. The van der Waals surface area contributed by atoms with E-state index in [1.54, 1.807) is 0 Å². The lowest BCUT2D eigenvalue weighted by atomic mass is 9.93. The van der Waals surface area contributed by atoms with Gasteiger partial charge in [0, 0.05) is 26.2 Å². The summed E-state index contributed by atoms with van der Waals surface area (Å²) in [6, 6.07) is 0. The van der Waals surface area contributed by atoms with E-state index >= 15 is 0 Å². The third-order valence-electron chi connectivity index (χ3n) is 4.13. The smallest absolute Gasteiger partial charge is 0.0628 e. The zero-order valence-corrected chi connectivity index (χ0v) is 13.4. The number of nitrogens with one attached hydrogen (secondary N) is 1. The summed E-state index contributed by atoms with van der Waals surface area (Å²) < 4.78 is 0. The van der Waals surface area contributed by atoms with Gasteiger partial charge in [-0.2, -0.15) is 0 Å². The molecule has 0 aromatic carbocycles. The first-order valence-corrected chi connectivity index (χ1v) is 7.60. The van der Waals surface area contributed by atoms with E-state index in [9.17, 15) is 5.11 Å². The van der Waals surface area contributed by atoms with Crippen LogP contribution in [0, 0.1) is 11.8 Å². The molecule has 1 aliphatic rings. The summed E-state index contributed by atoms with van der Waals surface area (Å²) in [5.74, 6) is 1.31. The highest BCUT2D eigenvalue weighted by atomic mass is 16.3. The van der Waals surface area contributed by atoms with Crippen LogP contribution in [-0.2, 0) is 0 Å². The van der Waals surface area contributed by atoms with Crippen LogP contribution in [0.5, 0.6) is 0 Å². The molecule has 1 unspecified atom stereocenters. The van der Waals surface area contributed by atoms with Crippen molar-refractivity contribution in [3.05, 3.63) is 0 Å². The minimum atomic E-state index is -0.0960. The Bertz CT molecular complexity index is 248. The van der Waals surface area contributed by atoms with E-state index in [1.807, 2.05) is 7.05 Å². The van der Waals surface area contributed by atoms with Crippen molar-refractivity contribution in [1.82, 2.24) is 15.1 Å². The van der Waals surface area contributed by atoms with Crippen LogP contribution in [0.25, 0.3) is 0 Å². The minimum Gasteiger partial charge on any atom is -0.394 e. The molecule has 0 saturated heterocycles. The monoisotopic (exact) mass is 271 g/mol. The Morgan fingerprint density at radius 2 is 1.89 bits per heavy atom. The van der Waals surface area contributed by atoms with Gasteiger partial charge in [0.15, 0.2) is 0 Å². The van der Waals surface area contributed by atoms with Crippen LogP contribution in [0.4, 0.5) is 0 Å². The van der Waals surface area contributed by atoms with Crippen molar-refractivity contribution in [2.45, 2.75) is 32.2 Å². The first kappa shape index (κ1) is 16.9. The summed E-state index contributed by atoms with van der Waals surface area (Å²) in [6.07, 6.45) is 2.51. The predicted molar refractivity (Wildman–Crippen MR) is 81.4 cm³/mol. The fourth-order valence-electron chi connectivity index (χ4n) is 2.80. The number of aliphatic hydroxyl groups excluding tert-OH is 1. The molecule has 0 aromatic rings. The van der Waals surface area contributed by atoms with Gasteiger partial charge in [0.25, 0.3) is 0 Å². The van der Waals surface area contributed by atoms with E-state index in [0.29, 0.717) is 11.8 Å². The Morgan fingerprint density at radius 3 is 2.26 bits per heavy atom. The third-order valence-corrected chi connectivity index (χ3v) is 4.13. The van der Waals surface area contributed by atoms with Gasteiger partial charge in [-0.05, 0) is 45.8 Å². The van der Waals surface area contributed by atoms with Crippen LogP contribution in [-0.4, -0.2) is 74.4 Å². The van der Waals surface area contributed by atoms with Gasteiger partial charge in [0.2, 0.25) is 0 Å². The summed E-state index contributed by atoms with van der Waals surface area (Å²) in [4.78, 5) is 4.74. The van der Waals surface area contributed by atoms with Gasteiger partial charge in [0.05, 0.1) is 12.1 Å². The fraction of sp³-hybridized carbons (Fsp3) is 1.00. The van der Waals surface area contributed by atoms with E-state index in [2.05, 4.69) is 43.1 Å². The van der Waals surface area contributed by atoms with Crippen molar-refractivity contribution in [3.8, 4) is 0 Å². The van der Waals surface area contributed by atoms with E-state index in [1.165, 1.54) is 12.8 Å². The Kier molecular flexibility index (Phi) is 6.74. The van der Waals surface area contributed by atoms with E-state index in [0.717, 1.165) is 26.2 Å². The molecule has 1 saturated carbocycles. The highest BCUT2D eigenvalue weighted by Crippen LogP contribution is 2.39. The lowest BCUT2D eigenvalue weighted by Crippen LogP contribution is -2.57. The molecule has 0 spiro atoms. The average Bonchev–Trinajstić information content (AvgIpc) is 3.16. The molecule has 0 aliphatic heterocycles. The Labute approximate surface area is 119 Å². The molecule has 2 N–H and O–H groups in total. The number of nitrogens with zero attached hydrogens (tertiary/aromatic N) is 2. The van der Waals surface area contributed by atoms with Crippen LogP contribution in [0.2, 0.25) is 0 Å². The number of hydrogen-bond donors (Lipinski definition) is 2. The quantitative estimate of drug-likeness (QED) is 0.618. The lowest BCUT2D eigenvalue weighted by Gasteiger charge is -2.38. The molecule has 114 valence electrons. The second-order valence-electron chi connectivity index (χ2n) is 6.77. The van der Waals surface area contributed by atoms with Crippen LogP contribution >= 0.6 is 0 Å². The maximum absolute atomic E-state index is 9.85.